The van der Waals surface area contributed by atoms with E-state index in [2.05, 4.69) is 33.0 Å². The number of halogens is 1. The van der Waals surface area contributed by atoms with Crippen LogP contribution in [0.25, 0.3) is 0 Å². The lowest BCUT2D eigenvalue weighted by molar-refractivity contribution is -0.133. The first-order valence-corrected chi connectivity index (χ1v) is 6.53. The molecule has 0 radical (unpaired) electrons. The van der Waals surface area contributed by atoms with E-state index in [4.69, 9.17) is 0 Å². The van der Waals surface area contributed by atoms with Crippen molar-refractivity contribution in [3.8, 4) is 0 Å². The van der Waals surface area contributed by atoms with Crippen LogP contribution >= 0.6 is 12.4 Å². The maximum absolute atomic E-state index is 12.2. The molecule has 1 rings (SSSR count). The predicted octanol–water partition coefficient (Wildman–Crippen LogP) is 2.44. The van der Waals surface area contributed by atoms with E-state index >= 15 is 0 Å². The van der Waals surface area contributed by atoms with Gasteiger partial charge in [-0.3, -0.25) is 4.79 Å². The van der Waals surface area contributed by atoms with Gasteiger partial charge in [0.2, 0.25) is 5.91 Å². The first-order chi connectivity index (χ1) is 7.50. The Morgan fingerprint density at radius 1 is 1.35 bits per heavy atom. The molecule has 17 heavy (non-hydrogen) atoms. The average Bonchev–Trinajstić information content (AvgIpc) is 2.65. The maximum atomic E-state index is 12.2. The quantitative estimate of drug-likeness (QED) is 0.826. The van der Waals surface area contributed by atoms with Crippen molar-refractivity contribution < 1.29 is 4.79 Å². The van der Waals surface area contributed by atoms with E-state index in [1.54, 1.807) is 0 Å². The van der Waals surface area contributed by atoms with E-state index in [-0.39, 0.29) is 12.4 Å². The third-order valence-electron chi connectivity index (χ3n) is 3.09. The van der Waals surface area contributed by atoms with Crippen LogP contribution in [0.5, 0.6) is 0 Å². The molecule has 0 aromatic heterocycles. The molecule has 1 fully saturated rings. The maximum Gasteiger partial charge on any atom is 0.224 e. The van der Waals surface area contributed by atoms with Gasteiger partial charge in [-0.05, 0) is 39.2 Å². The van der Waals surface area contributed by atoms with Crippen LogP contribution < -0.4 is 5.32 Å². The average molecular weight is 263 g/mol. The number of nitrogens with zero attached hydrogens (tertiary/aromatic N) is 1. The summed E-state index contributed by atoms with van der Waals surface area (Å²) in [6.07, 6.45) is 3.04. The summed E-state index contributed by atoms with van der Waals surface area (Å²) in [5.74, 6) is 0.853. The van der Waals surface area contributed by atoms with Crippen LogP contribution in [-0.4, -0.2) is 36.0 Å². The van der Waals surface area contributed by atoms with Crippen molar-refractivity contribution in [3.63, 3.8) is 0 Å². The molecule has 102 valence electrons. The zero-order chi connectivity index (χ0) is 12.1. The molecule has 0 spiro atoms. The third-order valence-corrected chi connectivity index (χ3v) is 3.09. The third kappa shape index (κ3) is 5.73. The first kappa shape index (κ1) is 16.7. The highest BCUT2D eigenvalue weighted by Crippen LogP contribution is 2.13. The van der Waals surface area contributed by atoms with Gasteiger partial charge in [-0.1, -0.05) is 13.8 Å². The molecule has 1 saturated heterocycles. The zero-order valence-electron chi connectivity index (χ0n) is 11.5. The summed E-state index contributed by atoms with van der Waals surface area (Å²) < 4.78 is 0. The number of rotatable bonds is 5. The number of carbonyl (C=O) groups excluding carboxylic acids is 1. The van der Waals surface area contributed by atoms with Crippen molar-refractivity contribution >= 4 is 18.3 Å². The topological polar surface area (TPSA) is 32.3 Å². The summed E-state index contributed by atoms with van der Waals surface area (Å²) in [5, 5.41) is 3.39. The van der Waals surface area contributed by atoms with Gasteiger partial charge in [0, 0.05) is 25.0 Å². The van der Waals surface area contributed by atoms with Crippen molar-refractivity contribution in [1.29, 1.82) is 0 Å². The first-order valence-electron chi connectivity index (χ1n) is 6.53. The van der Waals surface area contributed by atoms with Gasteiger partial charge < -0.3 is 10.2 Å². The lowest BCUT2D eigenvalue weighted by Gasteiger charge is -2.29. The van der Waals surface area contributed by atoms with Gasteiger partial charge in [0.25, 0.3) is 0 Å². The van der Waals surface area contributed by atoms with Crippen LogP contribution in [0.1, 0.15) is 47.0 Å². The smallest absolute Gasteiger partial charge is 0.224 e. The van der Waals surface area contributed by atoms with Gasteiger partial charge in [0.05, 0.1) is 0 Å². The summed E-state index contributed by atoms with van der Waals surface area (Å²) in [5.41, 5.74) is 0. The largest absolute Gasteiger partial charge is 0.340 e. The summed E-state index contributed by atoms with van der Waals surface area (Å²) in [4.78, 5) is 14.2. The van der Waals surface area contributed by atoms with Crippen LogP contribution in [0.3, 0.4) is 0 Å². The molecule has 1 amide bonds. The van der Waals surface area contributed by atoms with E-state index in [0.29, 0.717) is 30.3 Å². The molecular weight excluding hydrogens is 236 g/mol. The van der Waals surface area contributed by atoms with Crippen LogP contribution in [0, 0.1) is 5.92 Å². The minimum atomic E-state index is 0. The Hall–Kier alpha value is -0.280. The minimum Gasteiger partial charge on any atom is -0.340 e. The lowest BCUT2D eigenvalue weighted by atomic mass is 10.1. The summed E-state index contributed by atoms with van der Waals surface area (Å²) >= 11 is 0. The van der Waals surface area contributed by atoms with Gasteiger partial charge >= 0.3 is 0 Å². The molecule has 1 aliphatic heterocycles. The fourth-order valence-corrected chi connectivity index (χ4v) is 2.25. The Kier molecular flexibility index (Phi) is 7.80. The monoisotopic (exact) mass is 262 g/mol. The second kappa shape index (κ2) is 7.93. The highest BCUT2D eigenvalue weighted by Gasteiger charge is 2.23. The summed E-state index contributed by atoms with van der Waals surface area (Å²) in [6, 6.07) is 0.734. The van der Waals surface area contributed by atoms with E-state index in [1.165, 1.54) is 6.42 Å². The molecular formula is C13H27ClN2O. The Balaban J connectivity index is 0.00000256. The van der Waals surface area contributed by atoms with E-state index in [0.717, 1.165) is 19.5 Å². The predicted molar refractivity (Wildman–Crippen MR) is 74.6 cm³/mol. The van der Waals surface area contributed by atoms with E-state index < -0.39 is 0 Å². The standard InChI is InChI=1S/C13H26N2O.ClH/c1-10(2)9-15(11(3)4)13(16)8-12-6-5-7-14-12;/h10-12,14H,5-9H2,1-4H3;1H. The van der Waals surface area contributed by atoms with Gasteiger partial charge in [-0.15, -0.1) is 12.4 Å². The number of amides is 1. The summed E-state index contributed by atoms with van der Waals surface area (Å²) in [7, 11) is 0. The molecule has 0 aliphatic carbocycles. The van der Waals surface area contributed by atoms with Crippen LogP contribution in [0.4, 0.5) is 0 Å². The molecule has 1 N–H and O–H groups in total. The molecule has 4 heteroatoms. The second-order valence-electron chi connectivity index (χ2n) is 5.53. The van der Waals surface area contributed by atoms with E-state index in [1.807, 2.05) is 4.90 Å². The van der Waals surface area contributed by atoms with Crippen molar-refractivity contribution in [2.45, 2.75) is 59.0 Å². The normalized spacial score (nSPS) is 19.5. The molecule has 0 bridgehead atoms. The van der Waals surface area contributed by atoms with Crippen LogP contribution in [0.15, 0.2) is 0 Å². The van der Waals surface area contributed by atoms with Crippen LogP contribution in [-0.2, 0) is 4.79 Å². The Morgan fingerprint density at radius 3 is 2.41 bits per heavy atom. The number of hydrogen-bond donors (Lipinski definition) is 1. The number of carbonyl (C=O) groups is 1. The fourth-order valence-electron chi connectivity index (χ4n) is 2.25. The SMILES string of the molecule is CC(C)CN(C(=O)CC1CCCN1)C(C)C.Cl. The molecule has 1 unspecified atom stereocenters. The molecule has 0 saturated carbocycles. The molecule has 1 atom stereocenters. The Bertz CT molecular complexity index is 225. The molecule has 1 heterocycles. The van der Waals surface area contributed by atoms with Crippen molar-refractivity contribution in [2.24, 2.45) is 5.92 Å². The molecule has 0 aromatic rings. The van der Waals surface area contributed by atoms with Crippen molar-refractivity contribution in [3.05, 3.63) is 0 Å². The second-order valence-corrected chi connectivity index (χ2v) is 5.53. The van der Waals surface area contributed by atoms with Gasteiger partial charge in [-0.25, -0.2) is 0 Å². The molecule has 1 aliphatic rings. The van der Waals surface area contributed by atoms with E-state index in [9.17, 15) is 4.79 Å². The van der Waals surface area contributed by atoms with Gasteiger partial charge in [-0.2, -0.15) is 0 Å². The minimum absolute atomic E-state index is 0. The van der Waals surface area contributed by atoms with Crippen molar-refractivity contribution in [1.82, 2.24) is 10.2 Å². The number of hydrogen-bond acceptors (Lipinski definition) is 2. The van der Waals surface area contributed by atoms with Gasteiger partial charge in [0.15, 0.2) is 0 Å². The van der Waals surface area contributed by atoms with Crippen molar-refractivity contribution in [2.75, 3.05) is 13.1 Å². The lowest BCUT2D eigenvalue weighted by Crippen LogP contribution is -2.42. The zero-order valence-corrected chi connectivity index (χ0v) is 12.3. The molecule has 3 nitrogen and oxygen atoms in total. The fraction of sp³-hybridized carbons (Fsp3) is 0.923. The van der Waals surface area contributed by atoms with Crippen LogP contribution in [0.2, 0.25) is 0 Å². The Morgan fingerprint density at radius 2 is 2.00 bits per heavy atom. The van der Waals surface area contributed by atoms with Gasteiger partial charge in [0.1, 0.15) is 0 Å². The summed E-state index contributed by atoms with van der Waals surface area (Å²) in [6.45, 7) is 10.5. The highest BCUT2D eigenvalue weighted by molar-refractivity contribution is 5.85. The number of nitrogens with one attached hydrogen (secondary N) is 1. The molecule has 0 aromatic carbocycles. The Labute approximate surface area is 112 Å². The highest BCUT2D eigenvalue weighted by atomic mass is 35.5.